The van der Waals surface area contributed by atoms with Gasteiger partial charge >= 0.3 is 0 Å². The van der Waals surface area contributed by atoms with Crippen molar-refractivity contribution >= 4 is 30.7 Å². The van der Waals surface area contributed by atoms with Crippen LogP contribution in [0, 0.1) is 6.92 Å². The molecule has 16 heavy (non-hydrogen) atoms. The van der Waals surface area contributed by atoms with Crippen LogP contribution >= 0.6 is 10.7 Å². The fraction of sp³-hybridized carbons (Fsp3) is 0.300. The molecule has 1 heterocycles. The van der Waals surface area contributed by atoms with Gasteiger partial charge in [-0.1, -0.05) is 11.2 Å². The normalized spacial score (nSPS) is 12.1. The van der Waals surface area contributed by atoms with Crippen molar-refractivity contribution in [3.63, 3.8) is 0 Å². The molecule has 0 aliphatic heterocycles. The van der Waals surface area contributed by atoms with Gasteiger partial charge in [-0.05, 0) is 31.0 Å². The molecule has 1 aromatic heterocycles. The van der Waals surface area contributed by atoms with E-state index in [1.165, 1.54) is 0 Å². The lowest BCUT2D eigenvalue weighted by Gasteiger charge is -1.98. The first-order valence-electron chi connectivity index (χ1n) is 4.73. The Morgan fingerprint density at radius 2 is 2.19 bits per heavy atom. The van der Waals surface area contributed by atoms with Gasteiger partial charge in [-0.2, -0.15) is 0 Å². The fourth-order valence-electron chi connectivity index (χ4n) is 1.50. The maximum atomic E-state index is 10.8. The molecule has 0 atom stereocenters. The molecule has 0 radical (unpaired) electrons. The van der Waals surface area contributed by atoms with Crippen molar-refractivity contribution in [3.8, 4) is 0 Å². The van der Waals surface area contributed by atoms with Gasteiger partial charge in [0.1, 0.15) is 0 Å². The minimum atomic E-state index is -3.44. The summed E-state index contributed by atoms with van der Waals surface area (Å²) in [5.74, 6) is -0.0651. The number of nitrogens with zero attached hydrogens (tertiary/aromatic N) is 1. The lowest BCUT2D eigenvalue weighted by Crippen LogP contribution is -2.00. The zero-order valence-corrected chi connectivity index (χ0v) is 10.2. The van der Waals surface area contributed by atoms with E-state index < -0.39 is 9.05 Å². The highest BCUT2D eigenvalue weighted by molar-refractivity contribution is 8.13. The Hall–Kier alpha value is -1.07. The second-order valence-electron chi connectivity index (χ2n) is 3.59. The minimum Gasteiger partial charge on any atom is -0.356 e. The first-order chi connectivity index (χ1) is 7.46. The molecule has 0 aliphatic carbocycles. The van der Waals surface area contributed by atoms with E-state index in [1.807, 2.05) is 19.1 Å². The highest BCUT2D eigenvalue weighted by atomic mass is 35.7. The molecule has 0 fully saturated rings. The fourth-order valence-corrected chi connectivity index (χ4v) is 2.21. The zero-order valence-electron chi connectivity index (χ0n) is 8.60. The third-order valence-electron chi connectivity index (χ3n) is 2.35. The molecule has 2 aromatic rings. The summed E-state index contributed by atoms with van der Waals surface area (Å²) in [7, 11) is 1.71. The van der Waals surface area contributed by atoms with Crippen LogP contribution in [0.15, 0.2) is 22.7 Å². The number of aryl methyl sites for hydroxylation is 2. The molecular formula is C10H10ClNO3S. The molecule has 0 N–H and O–H groups in total. The molecule has 4 nitrogen and oxygen atoms in total. The molecule has 0 unspecified atom stereocenters. The molecule has 1 aromatic carbocycles. The highest BCUT2D eigenvalue weighted by Crippen LogP contribution is 2.19. The van der Waals surface area contributed by atoms with Gasteiger partial charge in [0.25, 0.3) is 0 Å². The second-order valence-corrected chi connectivity index (χ2v) is 6.49. The summed E-state index contributed by atoms with van der Waals surface area (Å²) >= 11 is 0. The molecule has 0 bridgehead atoms. The van der Waals surface area contributed by atoms with Gasteiger partial charge in [-0.15, -0.1) is 0 Å². The Balaban J connectivity index is 2.29. The quantitative estimate of drug-likeness (QED) is 0.793. The third-order valence-corrected chi connectivity index (χ3v) is 3.50. The second kappa shape index (κ2) is 4.07. The van der Waals surface area contributed by atoms with Gasteiger partial charge in [0.05, 0.1) is 11.4 Å². The summed E-state index contributed by atoms with van der Waals surface area (Å²) in [4.78, 5) is 0. The van der Waals surface area contributed by atoms with Crippen molar-refractivity contribution in [1.82, 2.24) is 5.16 Å². The van der Waals surface area contributed by atoms with E-state index in [2.05, 4.69) is 5.16 Å². The predicted octanol–water partition coefficient (Wildman–Crippen LogP) is 2.25. The van der Waals surface area contributed by atoms with Crippen LogP contribution in [0.1, 0.15) is 11.3 Å². The van der Waals surface area contributed by atoms with Crippen molar-refractivity contribution in [2.45, 2.75) is 13.3 Å². The number of fused-ring (bicyclic) bond motifs is 1. The van der Waals surface area contributed by atoms with Gasteiger partial charge in [-0.25, -0.2) is 8.42 Å². The Morgan fingerprint density at radius 1 is 1.44 bits per heavy atom. The van der Waals surface area contributed by atoms with Crippen LogP contribution in [0.25, 0.3) is 11.0 Å². The van der Waals surface area contributed by atoms with E-state index in [0.717, 1.165) is 16.6 Å². The van der Waals surface area contributed by atoms with Crippen LogP contribution in [-0.4, -0.2) is 19.3 Å². The van der Waals surface area contributed by atoms with Crippen LogP contribution in [0.5, 0.6) is 0 Å². The third kappa shape index (κ3) is 2.54. The number of benzene rings is 1. The van der Waals surface area contributed by atoms with Crippen molar-refractivity contribution in [1.29, 1.82) is 0 Å². The van der Waals surface area contributed by atoms with E-state index in [9.17, 15) is 8.42 Å². The van der Waals surface area contributed by atoms with Crippen molar-refractivity contribution in [3.05, 3.63) is 29.5 Å². The van der Waals surface area contributed by atoms with Crippen molar-refractivity contribution in [2.75, 3.05) is 5.75 Å². The first-order valence-corrected chi connectivity index (χ1v) is 7.21. The topological polar surface area (TPSA) is 60.2 Å². The van der Waals surface area contributed by atoms with Gasteiger partial charge in [0.15, 0.2) is 5.58 Å². The van der Waals surface area contributed by atoms with E-state index in [1.54, 1.807) is 6.07 Å². The monoisotopic (exact) mass is 259 g/mol. The summed E-state index contributed by atoms with van der Waals surface area (Å²) in [6.07, 6.45) is 0.395. The predicted molar refractivity (Wildman–Crippen MR) is 62.1 cm³/mol. The van der Waals surface area contributed by atoms with Gasteiger partial charge < -0.3 is 4.52 Å². The number of rotatable bonds is 3. The smallest absolute Gasteiger partial charge is 0.232 e. The summed E-state index contributed by atoms with van der Waals surface area (Å²) in [6.45, 7) is 1.84. The van der Waals surface area contributed by atoms with Crippen LogP contribution in [0.3, 0.4) is 0 Å². The Labute approximate surface area is 97.6 Å². The Kier molecular flexibility index (Phi) is 2.90. The first kappa shape index (κ1) is 11.4. The molecule has 0 saturated carbocycles. The molecule has 6 heteroatoms. The van der Waals surface area contributed by atoms with E-state index in [-0.39, 0.29) is 5.75 Å². The molecule has 0 saturated heterocycles. The Morgan fingerprint density at radius 3 is 2.88 bits per heavy atom. The molecule has 0 spiro atoms. The summed E-state index contributed by atoms with van der Waals surface area (Å²) in [5, 5.41) is 4.73. The number of halogens is 1. The van der Waals surface area contributed by atoms with Gasteiger partial charge in [-0.3, -0.25) is 0 Å². The average Bonchev–Trinajstić information content (AvgIpc) is 2.56. The maximum Gasteiger partial charge on any atom is 0.232 e. The Bertz CT molecular complexity index is 618. The summed E-state index contributed by atoms with van der Waals surface area (Å²) < 4.78 is 26.7. The van der Waals surface area contributed by atoms with Crippen LogP contribution in [-0.2, 0) is 15.5 Å². The van der Waals surface area contributed by atoms with E-state index >= 15 is 0 Å². The lowest BCUT2D eigenvalue weighted by molar-refractivity contribution is 0.450. The van der Waals surface area contributed by atoms with Crippen LogP contribution in [0.2, 0.25) is 0 Å². The SMILES string of the molecule is Cc1noc2ccc(CCS(=O)(=O)Cl)cc12. The largest absolute Gasteiger partial charge is 0.356 e. The molecular weight excluding hydrogens is 250 g/mol. The van der Waals surface area contributed by atoms with Crippen LogP contribution < -0.4 is 0 Å². The van der Waals surface area contributed by atoms with E-state index in [0.29, 0.717) is 12.0 Å². The number of aromatic nitrogens is 1. The molecule has 86 valence electrons. The summed E-state index contributed by atoms with van der Waals surface area (Å²) in [5.41, 5.74) is 2.41. The molecule has 0 aliphatic rings. The maximum absolute atomic E-state index is 10.8. The van der Waals surface area contributed by atoms with E-state index in [4.69, 9.17) is 15.2 Å². The van der Waals surface area contributed by atoms with Crippen molar-refractivity contribution in [2.24, 2.45) is 0 Å². The molecule has 0 amide bonds. The lowest BCUT2D eigenvalue weighted by atomic mass is 10.1. The summed E-state index contributed by atoms with van der Waals surface area (Å²) in [6, 6.07) is 5.48. The average molecular weight is 260 g/mol. The van der Waals surface area contributed by atoms with Gasteiger partial charge in [0.2, 0.25) is 9.05 Å². The number of hydrogen-bond donors (Lipinski definition) is 0. The highest BCUT2D eigenvalue weighted by Gasteiger charge is 2.08. The standard InChI is InChI=1S/C10H10ClNO3S/c1-7-9-6-8(4-5-16(11,13)14)2-3-10(9)15-12-7/h2-3,6H,4-5H2,1H3. The van der Waals surface area contributed by atoms with Crippen molar-refractivity contribution < 1.29 is 12.9 Å². The van der Waals surface area contributed by atoms with Gasteiger partial charge in [0, 0.05) is 16.1 Å². The minimum absolute atomic E-state index is 0.0651. The zero-order chi connectivity index (χ0) is 11.8. The number of hydrogen-bond acceptors (Lipinski definition) is 4. The molecule has 2 rings (SSSR count). The van der Waals surface area contributed by atoms with Crippen LogP contribution in [0.4, 0.5) is 0 Å².